The van der Waals surface area contributed by atoms with Crippen LogP contribution >= 0.6 is 11.8 Å². The topological polar surface area (TPSA) is 88.1 Å². The average molecular weight is 361 g/mol. The summed E-state index contributed by atoms with van der Waals surface area (Å²) < 4.78 is 5.29. The first kappa shape index (κ1) is 17.6. The van der Waals surface area contributed by atoms with Gasteiger partial charge in [0.1, 0.15) is 5.25 Å². The zero-order valence-electron chi connectivity index (χ0n) is 13.9. The predicted octanol–water partition coefficient (Wildman–Crippen LogP) is 1.55. The average Bonchev–Trinajstić information content (AvgIpc) is 2.97. The molecule has 1 saturated heterocycles. The van der Waals surface area contributed by atoms with Gasteiger partial charge in [-0.2, -0.15) is 4.99 Å². The highest BCUT2D eigenvalue weighted by molar-refractivity contribution is 8.15. The van der Waals surface area contributed by atoms with E-state index in [0.29, 0.717) is 42.7 Å². The number of rotatable bonds is 4. The number of benzene rings is 1. The number of Topliss-reactive ketones (excluding diaryl/α,β-unsaturated/α-hetero) is 1. The third-order valence-corrected chi connectivity index (χ3v) is 5.17. The molecule has 2 amide bonds. The second-order valence-corrected chi connectivity index (χ2v) is 6.99. The summed E-state index contributed by atoms with van der Waals surface area (Å²) in [5, 5.41) is 2.94. The van der Waals surface area contributed by atoms with Crippen LogP contribution in [0.25, 0.3) is 0 Å². The van der Waals surface area contributed by atoms with E-state index in [4.69, 9.17) is 4.74 Å². The molecule has 0 aromatic heterocycles. The molecule has 2 heterocycles. The Morgan fingerprint density at radius 2 is 1.96 bits per heavy atom. The molecule has 1 atom stereocenters. The number of carbonyl (C=O) groups is 3. The number of thioether (sulfide) groups is 1. The van der Waals surface area contributed by atoms with Crippen molar-refractivity contribution >= 4 is 40.2 Å². The summed E-state index contributed by atoms with van der Waals surface area (Å²) >= 11 is 1.34. The van der Waals surface area contributed by atoms with Gasteiger partial charge in [0.05, 0.1) is 13.2 Å². The highest BCUT2D eigenvalue weighted by atomic mass is 32.2. The lowest BCUT2D eigenvalue weighted by Crippen LogP contribution is -2.39. The smallest absolute Gasteiger partial charge is 0.262 e. The lowest BCUT2D eigenvalue weighted by molar-refractivity contribution is -0.121. The van der Waals surface area contributed by atoms with Crippen molar-refractivity contribution < 1.29 is 19.1 Å². The van der Waals surface area contributed by atoms with Gasteiger partial charge in [-0.3, -0.25) is 14.4 Å². The summed E-state index contributed by atoms with van der Waals surface area (Å²) in [6, 6.07) is 6.67. The largest absolute Gasteiger partial charge is 0.378 e. The van der Waals surface area contributed by atoms with Crippen LogP contribution in [0.1, 0.15) is 23.7 Å². The molecule has 25 heavy (non-hydrogen) atoms. The van der Waals surface area contributed by atoms with Crippen LogP contribution in [0, 0.1) is 0 Å². The molecule has 3 rings (SSSR count). The van der Waals surface area contributed by atoms with E-state index in [9.17, 15) is 14.4 Å². The second-order valence-electron chi connectivity index (χ2n) is 5.82. The van der Waals surface area contributed by atoms with Crippen LogP contribution in [0.4, 0.5) is 5.69 Å². The zero-order chi connectivity index (χ0) is 17.8. The molecule has 0 aliphatic carbocycles. The number of nitrogens with zero attached hydrogens (tertiary/aromatic N) is 2. The summed E-state index contributed by atoms with van der Waals surface area (Å²) in [6.45, 7) is 4.15. The van der Waals surface area contributed by atoms with E-state index in [-0.39, 0.29) is 24.0 Å². The van der Waals surface area contributed by atoms with Crippen molar-refractivity contribution in [2.75, 3.05) is 31.6 Å². The number of morpholine rings is 1. The van der Waals surface area contributed by atoms with Crippen LogP contribution in [0.5, 0.6) is 0 Å². The summed E-state index contributed by atoms with van der Waals surface area (Å²) in [5.41, 5.74) is 1.18. The lowest BCUT2D eigenvalue weighted by Gasteiger charge is -2.27. The number of aliphatic imine (C=N–C) groups is 1. The highest BCUT2D eigenvalue weighted by Gasteiger charge is 2.33. The number of amides is 2. The van der Waals surface area contributed by atoms with Gasteiger partial charge < -0.3 is 15.0 Å². The van der Waals surface area contributed by atoms with Crippen molar-refractivity contribution in [3.05, 3.63) is 29.8 Å². The molecular weight excluding hydrogens is 342 g/mol. The molecule has 0 radical (unpaired) electrons. The number of amidine groups is 1. The minimum Gasteiger partial charge on any atom is -0.378 e. The van der Waals surface area contributed by atoms with E-state index < -0.39 is 5.25 Å². The van der Waals surface area contributed by atoms with Gasteiger partial charge in [-0.1, -0.05) is 11.8 Å². The van der Waals surface area contributed by atoms with E-state index in [1.54, 1.807) is 24.3 Å². The Bertz CT molecular complexity index is 711. The van der Waals surface area contributed by atoms with Gasteiger partial charge in [0.2, 0.25) is 5.91 Å². The zero-order valence-corrected chi connectivity index (χ0v) is 14.7. The van der Waals surface area contributed by atoms with Crippen molar-refractivity contribution in [2.45, 2.75) is 18.6 Å². The Morgan fingerprint density at radius 3 is 2.60 bits per heavy atom. The maximum absolute atomic E-state index is 12.2. The van der Waals surface area contributed by atoms with Gasteiger partial charge in [-0.25, -0.2) is 0 Å². The molecule has 1 aromatic rings. The molecule has 1 unspecified atom stereocenters. The normalized spacial score (nSPS) is 20.4. The van der Waals surface area contributed by atoms with Crippen molar-refractivity contribution in [3.8, 4) is 0 Å². The fourth-order valence-corrected chi connectivity index (χ4v) is 3.68. The maximum Gasteiger partial charge on any atom is 0.262 e. The molecular formula is C17H19N3O4S. The molecule has 0 bridgehead atoms. The molecule has 132 valence electrons. The monoisotopic (exact) mass is 361 g/mol. The standard InChI is InChI=1S/C17H19N3O4S/c1-11(21)12-2-4-13(5-3-12)18-15(22)10-14-16(23)19-17(25-14)20-6-8-24-9-7-20/h2-5,14H,6-10H2,1H3,(H,18,22). The summed E-state index contributed by atoms with van der Waals surface area (Å²) in [6.07, 6.45) is 0.0648. The van der Waals surface area contributed by atoms with E-state index >= 15 is 0 Å². The summed E-state index contributed by atoms with van der Waals surface area (Å²) in [5.74, 6) is -0.549. The van der Waals surface area contributed by atoms with E-state index in [1.165, 1.54) is 18.7 Å². The van der Waals surface area contributed by atoms with E-state index in [0.717, 1.165) is 0 Å². The van der Waals surface area contributed by atoms with Crippen LogP contribution in [0.3, 0.4) is 0 Å². The third kappa shape index (κ3) is 4.46. The number of ether oxygens (including phenoxy) is 1. The Labute approximate surface area is 149 Å². The van der Waals surface area contributed by atoms with Crippen LogP contribution in [0.2, 0.25) is 0 Å². The molecule has 2 aliphatic rings. The second kappa shape index (κ2) is 7.79. The number of anilines is 1. The SMILES string of the molecule is CC(=O)c1ccc(NC(=O)CC2SC(N3CCOCC3)=NC2=O)cc1. The molecule has 1 aromatic carbocycles. The van der Waals surface area contributed by atoms with Crippen LogP contribution in [0.15, 0.2) is 29.3 Å². The van der Waals surface area contributed by atoms with Gasteiger partial charge >= 0.3 is 0 Å². The van der Waals surface area contributed by atoms with E-state index in [1.807, 2.05) is 4.90 Å². The quantitative estimate of drug-likeness (QED) is 0.819. The van der Waals surface area contributed by atoms with Crippen molar-refractivity contribution in [1.82, 2.24) is 4.90 Å². The molecule has 0 spiro atoms. The number of nitrogens with one attached hydrogen (secondary N) is 1. The molecule has 2 aliphatic heterocycles. The molecule has 8 heteroatoms. The van der Waals surface area contributed by atoms with Gasteiger partial charge in [-0.15, -0.1) is 0 Å². The number of ketones is 1. The third-order valence-electron chi connectivity index (χ3n) is 3.96. The Morgan fingerprint density at radius 1 is 1.28 bits per heavy atom. The van der Waals surface area contributed by atoms with Crippen LogP contribution < -0.4 is 5.32 Å². The Kier molecular flexibility index (Phi) is 5.50. The van der Waals surface area contributed by atoms with Gasteiger partial charge in [0.25, 0.3) is 5.91 Å². The number of carbonyl (C=O) groups excluding carboxylic acids is 3. The Balaban J connectivity index is 1.53. The van der Waals surface area contributed by atoms with Crippen molar-refractivity contribution in [1.29, 1.82) is 0 Å². The van der Waals surface area contributed by atoms with Crippen molar-refractivity contribution in [3.63, 3.8) is 0 Å². The highest BCUT2D eigenvalue weighted by Crippen LogP contribution is 2.28. The first-order valence-corrected chi connectivity index (χ1v) is 8.93. The summed E-state index contributed by atoms with van der Waals surface area (Å²) in [7, 11) is 0. The molecule has 0 saturated carbocycles. The van der Waals surface area contributed by atoms with Gasteiger partial charge in [0, 0.05) is 30.8 Å². The number of hydrogen-bond acceptors (Lipinski definition) is 6. The van der Waals surface area contributed by atoms with Gasteiger partial charge in [0.15, 0.2) is 11.0 Å². The Hall–Kier alpha value is -2.19. The molecule has 1 N–H and O–H groups in total. The molecule has 1 fully saturated rings. The predicted molar refractivity (Wildman–Crippen MR) is 95.9 cm³/mol. The number of hydrogen-bond donors (Lipinski definition) is 1. The van der Waals surface area contributed by atoms with Crippen LogP contribution in [-0.4, -0.2) is 59.2 Å². The first-order chi connectivity index (χ1) is 12.0. The summed E-state index contributed by atoms with van der Waals surface area (Å²) in [4.78, 5) is 41.6. The van der Waals surface area contributed by atoms with Crippen molar-refractivity contribution in [2.24, 2.45) is 4.99 Å². The fraction of sp³-hybridized carbons (Fsp3) is 0.412. The van der Waals surface area contributed by atoms with Crippen LogP contribution in [-0.2, 0) is 14.3 Å². The first-order valence-electron chi connectivity index (χ1n) is 8.05. The molecule has 7 nitrogen and oxygen atoms in total. The maximum atomic E-state index is 12.2. The lowest BCUT2D eigenvalue weighted by atomic mass is 10.1. The minimum absolute atomic E-state index is 0.0291. The fourth-order valence-electron chi connectivity index (χ4n) is 2.57. The van der Waals surface area contributed by atoms with E-state index in [2.05, 4.69) is 10.3 Å². The van der Waals surface area contributed by atoms with Gasteiger partial charge in [-0.05, 0) is 31.2 Å². The minimum atomic E-state index is -0.491.